The first-order valence-electron chi connectivity index (χ1n) is 10.1. The lowest BCUT2D eigenvalue weighted by Gasteiger charge is -2.35. The first kappa shape index (κ1) is 19.9. The number of anilines is 1. The molecule has 3 aromatic carbocycles. The van der Waals surface area contributed by atoms with Crippen molar-refractivity contribution in [2.75, 3.05) is 18.0 Å². The van der Waals surface area contributed by atoms with Gasteiger partial charge in [0.2, 0.25) is 0 Å². The monoisotopic (exact) mass is 403 g/mol. The summed E-state index contributed by atoms with van der Waals surface area (Å²) >= 11 is 0. The van der Waals surface area contributed by atoms with E-state index in [-0.39, 0.29) is 11.9 Å². The second-order valence-electron chi connectivity index (χ2n) is 7.74. The molecule has 4 rings (SSSR count). The van der Waals surface area contributed by atoms with Crippen LogP contribution in [0.4, 0.5) is 5.69 Å². The Morgan fingerprint density at radius 3 is 2.27 bits per heavy atom. The minimum Gasteiger partial charge on any atom is -0.371 e. The quantitative estimate of drug-likeness (QED) is 0.459. The molecule has 2 amide bonds. The van der Waals surface area contributed by atoms with Crippen molar-refractivity contribution >= 4 is 28.3 Å². The van der Waals surface area contributed by atoms with Crippen molar-refractivity contribution in [3.8, 4) is 0 Å². The van der Waals surface area contributed by atoms with Crippen molar-refractivity contribution in [3.05, 3.63) is 77.4 Å². The van der Waals surface area contributed by atoms with Crippen molar-refractivity contribution in [2.24, 2.45) is 0 Å². The van der Waals surface area contributed by atoms with Crippen molar-refractivity contribution in [1.29, 1.82) is 0 Å². The number of carbonyl (C=O) groups excluding carboxylic acids is 2. The highest BCUT2D eigenvalue weighted by Crippen LogP contribution is 2.25. The maximum absolute atomic E-state index is 12.7. The molecule has 6 heteroatoms. The van der Waals surface area contributed by atoms with Gasteiger partial charge in [0.25, 0.3) is 11.8 Å². The summed E-state index contributed by atoms with van der Waals surface area (Å²) in [6, 6.07) is 19.4. The van der Waals surface area contributed by atoms with Crippen molar-refractivity contribution in [2.45, 2.75) is 25.8 Å². The molecule has 0 radical (unpaired) electrons. The number of piperidine rings is 1. The van der Waals surface area contributed by atoms with E-state index < -0.39 is 5.91 Å². The van der Waals surface area contributed by atoms with E-state index in [4.69, 9.17) is 5.21 Å². The number of hydrogen-bond acceptors (Lipinski definition) is 4. The molecule has 0 bridgehead atoms. The van der Waals surface area contributed by atoms with Gasteiger partial charge in [0.1, 0.15) is 0 Å². The van der Waals surface area contributed by atoms with Gasteiger partial charge in [0.15, 0.2) is 0 Å². The molecule has 3 N–H and O–H groups in total. The fourth-order valence-corrected chi connectivity index (χ4v) is 4.08. The van der Waals surface area contributed by atoms with Crippen LogP contribution in [0.3, 0.4) is 0 Å². The molecule has 0 aliphatic carbocycles. The van der Waals surface area contributed by atoms with Gasteiger partial charge in [-0.1, -0.05) is 30.3 Å². The van der Waals surface area contributed by atoms with Crippen LogP contribution < -0.4 is 15.7 Å². The second kappa shape index (κ2) is 8.55. The topological polar surface area (TPSA) is 81.7 Å². The number of nitrogens with zero attached hydrogens (tertiary/aromatic N) is 1. The summed E-state index contributed by atoms with van der Waals surface area (Å²) in [7, 11) is 0. The fourth-order valence-electron chi connectivity index (χ4n) is 4.08. The molecule has 0 atom stereocenters. The van der Waals surface area contributed by atoms with Crippen LogP contribution in [-0.4, -0.2) is 36.2 Å². The summed E-state index contributed by atoms with van der Waals surface area (Å²) in [4.78, 5) is 26.6. The van der Waals surface area contributed by atoms with Crippen LogP contribution >= 0.6 is 0 Å². The molecule has 154 valence electrons. The Morgan fingerprint density at radius 1 is 0.900 bits per heavy atom. The third kappa shape index (κ3) is 4.14. The van der Waals surface area contributed by atoms with Crippen molar-refractivity contribution < 1.29 is 14.8 Å². The zero-order valence-electron chi connectivity index (χ0n) is 16.9. The number of nitrogens with one attached hydrogen (secondary N) is 2. The highest BCUT2D eigenvalue weighted by molar-refractivity contribution is 5.98. The van der Waals surface area contributed by atoms with E-state index in [0.29, 0.717) is 11.1 Å². The van der Waals surface area contributed by atoms with Crippen LogP contribution in [0.25, 0.3) is 10.8 Å². The Balaban J connectivity index is 1.37. The van der Waals surface area contributed by atoms with Crippen LogP contribution in [0, 0.1) is 6.92 Å². The van der Waals surface area contributed by atoms with Crippen LogP contribution in [0.5, 0.6) is 0 Å². The van der Waals surface area contributed by atoms with Crippen LogP contribution in [-0.2, 0) is 0 Å². The van der Waals surface area contributed by atoms with Gasteiger partial charge in [-0.3, -0.25) is 14.8 Å². The third-order valence-electron chi connectivity index (χ3n) is 5.74. The first-order chi connectivity index (χ1) is 14.5. The summed E-state index contributed by atoms with van der Waals surface area (Å²) in [6.07, 6.45) is 1.72. The maximum atomic E-state index is 12.7. The first-order valence-corrected chi connectivity index (χ1v) is 10.1. The van der Waals surface area contributed by atoms with Crippen molar-refractivity contribution in [1.82, 2.24) is 10.8 Å². The van der Waals surface area contributed by atoms with E-state index >= 15 is 0 Å². The standard InChI is InChI=1S/C24H25N3O3/c1-16-14-19(24(29)26-30)8-9-22(16)27-12-10-21(11-13-27)25-23(28)20-7-6-17-4-2-3-5-18(17)15-20/h2-9,14-15,21,30H,10-13H2,1H3,(H,25,28)(H,26,29). The van der Waals surface area contributed by atoms with Gasteiger partial charge < -0.3 is 10.2 Å². The Hall–Kier alpha value is -3.38. The molecule has 1 saturated heterocycles. The highest BCUT2D eigenvalue weighted by atomic mass is 16.5. The minimum atomic E-state index is -0.514. The molecule has 1 fully saturated rings. The summed E-state index contributed by atoms with van der Waals surface area (Å²) < 4.78 is 0. The van der Waals surface area contributed by atoms with Crippen molar-refractivity contribution in [3.63, 3.8) is 0 Å². The zero-order chi connectivity index (χ0) is 21.1. The lowest BCUT2D eigenvalue weighted by atomic mass is 10.0. The normalized spacial score (nSPS) is 14.5. The fraction of sp³-hybridized carbons (Fsp3) is 0.250. The van der Waals surface area contributed by atoms with Crippen LogP contribution in [0.1, 0.15) is 39.1 Å². The largest absolute Gasteiger partial charge is 0.371 e. The van der Waals surface area contributed by atoms with E-state index in [1.807, 2.05) is 55.5 Å². The third-order valence-corrected chi connectivity index (χ3v) is 5.74. The SMILES string of the molecule is Cc1cc(C(=O)NO)ccc1N1CCC(NC(=O)c2ccc3ccccc3c2)CC1. The summed E-state index contributed by atoms with van der Waals surface area (Å²) in [5.41, 5.74) is 4.83. The number of amides is 2. The Bertz CT molecular complexity index is 1090. The molecular formula is C24H25N3O3. The molecule has 6 nitrogen and oxygen atoms in total. The van der Waals surface area contributed by atoms with Gasteiger partial charge in [-0.15, -0.1) is 0 Å². The Kier molecular flexibility index (Phi) is 5.68. The molecule has 0 unspecified atom stereocenters. The van der Waals surface area contributed by atoms with Crippen LogP contribution in [0.2, 0.25) is 0 Å². The summed E-state index contributed by atoms with van der Waals surface area (Å²) in [5.74, 6) is -0.547. The number of rotatable bonds is 4. The average molecular weight is 403 g/mol. The van der Waals surface area contributed by atoms with E-state index in [1.165, 1.54) is 0 Å². The van der Waals surface area contributed by atoms with E-state index in [9.17, 15) is 9.59 Å². The molecular weight excluding hydrogens is 378 g/mol. The molecule has 1 aliphatic rings. The molecule has 0 spiro atoms. The van der Waals surface area contributed by atoms with Gasteiger partial charge in [-0.25, -0.2) is 5.48 Å². The van der Waals surface area contributed by atoms with E-state index in [1.54, 1.807) is 17.6 Å². The van der Waals surface area contributed by atoms with Gasteiger partial charge in [0.05, 0.1) is 0 Å². The lowest BCUT2D eigenvalue weighted by molar-refractivity contribution is 0.0706. The second-order valence-corrected chi connectivity index (χ2v) is 7.74. The molecule has 0 aromatic heterocycles. The van der Waals surface area contributed by atoms with Gasteiger partial charge in [-0.05, 0) is 66.4 Å². The van der Waals surface area contributed by atoms with Gasteiger partial charge in [0, 0.05) is 35.9 Å². The highest BCUT2D eigenvalue weighted by Gasteiger charge is 2.22. The summed E-state index contributed by atoms with van der Waals surface area (Å²) in [5, 5.41) is 14.1. The number of hydrogen-bond donors (Lipinski definition) is 3. The molecule has 30 heavy (non-hydrogen) atoms. The maximum Gasteiger partial charge on any atom is 0.274 e. The molecule has 0 saturated carbocycles. The summed E-state index contributed by atoms with van der Waals surface area (Å²) in [6.45, 7) is 3.61. The Labute approximate surface area is 175 Å². The van der Waals surface area contributed by atoms with E-state index in [2.05, 4.69) is 10.2 Å². The predicted octanol–water partition coefficient (Wildman–Crippen LogP) is 3.67. The smallest absolute Gasteiger partial charge is 0.274 e. The number of fused-ring (bicyclic) bond motifs is 1. The predicted molar refractivity (Wildman–Crippen MR) is 117 cm³/mol. The van der Waals surface area contributed by atoms with E-state index in [0.717, 1.165) is 48.0 Å². The van der Waals surface area contributed by atoms with Gasteiger partial charge in [-0.2, -0.15) is 0 Å². The average Bonchev–Trinajstić information content (AvgIpc) is 2.78. The molecule has 1 heterocycles. The minimum absolute atomic E-state index is 0.0326. The zero-order valence-corrected chi connectivity index (χ0v) is 16.9. The number of aryl methyl sites for hydroxylation is 1. The molecule has 1 aliphatic heterocycles. The Morgan fingerprint density at radius 2 is 1.57 bits per heavy atom. The van der Waals surface area contributed by atoms with Gasteiger partial charge >= 0.3 is 0 Å². The number of carbonyl (C=O) groups is 2. The molecule has 3 aromatic rings. The number of hydroxylamine groups is 1. The number of benzene rings is 3. The van der Waals surface area contributed by atoms with Crippen LogP contribution in [0.15, 0.2) is 60.7 Å². The lowest BCUT2D eigenvalue weighted by Crippen LogP contribution is -2.44.